The van der Waals surface area contributed by atoms with Gasteiger partial charge in [0.25, 0.3) is 0 Å². The third-order valence-electron chi connectivity index (χ3n) is 4.73. The maximum atomic E-state index is 9.69. The van der Waals surface area contributed by atoms with Crippen molar-refractivity contribution in [3.8, 4) is 0 Å². The molecular weight excluding hydrogens is 310 g/mol. The fraction of sp³-hybridized carbons (Fsp3) is 1.00. The molecule has 25 heavy (non-hydrogen) atoms. The van der Waals surface area contributed by atoms with Crippen LogP contribution in [0.4, 0.5) is 0 Å². The Kier molecular flexibility index (Phi) is 18.6. The van der Waals surface area contributed by atoms with Crippen molar-refractivity contribution in [1.29, 1.82) is 0 Å². The van der Waals surface area contributed by atoms with Gasteiger partial charge in [0.15, 0.2) is 0 Å². The zero-order valence-corrected chi connectivity index (χ0v) is 17.7. The van der Waals surface area contributed by atoms with Crippen LogP contribution in [0, 0.1) is 0 Å². The van der Waals surface area contributed by atoms with E-state index in [1.165, 1.54) is 83.5 Å². The fourth-order valence-corrected chi connectivity index (χ4v) is 3.16. The van der Waals surface area contributed by atoms with Crippen molar-refractivity contribution < 1.29 is 9.84 Å². The molecule has 0 heterocycles. The first kappa shape index (κ1) is 24.9. The highest BCUT2D eigenvalue weighted by molar-refractivity contribution is 4.65. The second-order valence-electron chi connectivity index (χ2n) is 7.95. The smallest absolute Gasteiger partial charge is 0.134 e. The summed E-state index contributed by atoms with van der Waals surface area (Å²) in [6, 6.07) is 0.330. The molecule has 3 heteroatoms. The molecule has 2 atom stereocenters. The van der Waals surface area contributed by atoms with Gasteiger partial charge in [0.2, 0.25) is 0 Å². The van der Waals surface area contributed by atoms with Crippen LogP contribution in [0.3, 0.4) is 0 Å². The predicted octanol–water partition coefficient (Wildman–Crippen LogP) is 6.19. The van der Waals surface area contributed by atoms with Gasteiger partial charge in [-0.05, 0) is 27.2 Å². The highest BCUT2D eigenvalue weighted by Crippen LogP contribution is 2.13. The molecule has 3 nitrogen and oxygen atoms in total. The Bertz CT molecular complexity index is 256. The Morgan fingerprint density at radius 1 is 0.680 bits per heavy atom. The van der Waals surface area contributed by atoms with E-state index in [0.29, 0.717) is 6.04 Å². The summed E-state index contributed by atoms with van der Waals surface area (Å²) in [4.78, 5) is 0. The van der Waals surface area contributed by atoms with Gasteiger partial charge >= 0.3 is 0 Å². The minimum absolute atomic E-state index is 0.234. The topological polar surface area (TPSA) is 41.5 Å². The van der Waals surface area contributed by atoms with Crippen LogP contribution in [0.1, 0.15) is 118 Å². The van der Waals surface area contributed by atoms with E-state index in [1.807, 2.05) is 0 Å². The lowest BCUT2D eigenvalue weighted by Gasteiger charge is -2.24. The van der Waals surface area contributed by atoms with Gasteiger partial charge in [-0.3, -0.25) is 5.32 Å². The molecule has 2 N–H and O–H groups in total. The van der Waals surface area contributed by atoms with Crippen LogP contribution in [-0.4, -0.2) is 30.1 Å². The van der Waals surface area contributed by atoms with Gasteiger partial charge < -0.3 is 9.84 Å². The molecule has 0 saturated heterocycles. The largest absolute Gasteiger partial charge is 0.389 e. The number of aliphatic hydroxyl groups excluding tert-OH is 1. The van der Waals surface area contributed by atoms with Gasteiger partial charge in [-0.25, -0.2) is 0 Å². The highest BCUT2D eigenvalue weighted by atomic mass is 16.5. The number of unbranched alkanes of at least 4 members (excludes halogenated alkanes) is 13. The molecule has 0 aliphatic heterocycles. The van der Waals surface area contributed by atoms with Gasteiger partial charge in [0.1, 0.15) is 6.23 Å². The molecule has 0 aromatic rings. The van der Waals surface area contributed by atoms with Crippen molar-refractivity contribution in [3.05, 3.63) is 0 Å². The van der Waals surface area contributed by atoms with Crippen molar-refractivity contribution in [2.24, 2.45) is 0 Å². The zero-order chi connectivity index (χ0) is 18.8. The van der Waals surface area contributed by atoms with Crippen molar-refractivity contribution in [1.82, 2.24) is 5.32 Å². The van der Waals surface area contributed by atoms with Crippen molar-refractivity contribution in [3.63, 3.8) is 0 Å². The Balaban J connectivity index is 3.25. The van der Waals surface area contributed by atoms with Gasteiger partial charge in [-0.1, -0.05) is 90.4 Å². The van der Waals surface area contributed by atoms with E-state index in [2.05, 4.69) is 26.1 Å². The molecule has 0 saturated carbocycles. The van der Waals surface area contributed by atoms with Gasteiger partial charge in [-0.15, -0.1) is 0 Å². The van der Waals surface area contributed by atoms with Crippen LogP contribution < -0.4 is 5.32 Å². The molecule has 0 rings (SSSR count). The summed E-state index contributed by atoms with van der Waals surface area (Å²) >= 11 is 0. The standard InChI is InChI=1S/C22H47NO2/c1-5-6-7-8-9-10-11-12-13-14-15-16-17-18-19-25-22(21(4)24)23-20(2)3/h20-24H,5-19H2,1-4H3. The van der Waals surface area contributed by atoms with Gasteiger partial charge in [0, 0.05) is 12.6 Å². The van der Waals surface area contributed by atoms with E-state index in [9.17, 15) is 5.11 Å². The first-order valence-corrected chi connectivity index (χ1v) is 11.1. The average molecular weight is 358 g/mol. The maximum absolute atomic E-state index is 9.69. The summed E-state index contributed by atoms with van der Waals surface area (Å²) in [5, 5.41) is 12.9. The lowest BCUT2D eigenvalue weighted by molar-refractivity contribution is -0.0534. The van der Waals surface area contributed by atoms with Crippen LogP contribution in [-0.2, 0) is 4.74 Å². The predicted molar refractivity (Wildman–Crippen MR) is 110 cm³/mol. The molecule has 0 aliphatic rings. The number of rotatable bonds is 19. The second kappa shape index (κ2) is 18.7. The fourth-order valence-electron chi connectivity index (χ4n) is 3.16. The van der Waals surface area contributed by atoms with Crippen LogP contribution in [0.15, 0.2) is 0 Å². The molecule has 0 bridgehead atoms. The Labute approximate surface area is 158 Å². The monoisotopic (exact) mass is 357 g/mol. The second-order valence-corrected chi connectivity index (χ2v) is 7.95. The Hall–Kier alpha value is -0.120. The summed E-state index contributed by atoms with van der Waals surface area (Å²) in [5.74, 6) is 0. The van der Waals surface area contributed by atoms with E-state index >= 15 is 0 Å². The number of nitrogens with one attached hydrogen (secondary N) is 1. The van der Waals surface area contributed by atoms with Crippen LogP contribution in [0.2, 0.25) is 0 Å². The molecule has 0 amide bonds. The number of ether oxygens (including phenoxy) is 1. The van der Waals surface area contributed by atoms with Crippen molar-refractivity contribution in [2.45, 2.75) is 136 Å². The minimum atomic E-state index is -0.464. The third-order valence-corrected chi connectivity index (χ3v) is 4.73. The minimum Gasteiger partial charge on any atom is -0.389 e. The molecular formula is C22H47NO2. The first-order valence-electron chi connectivity index (χ1n) is 11.1. The number of aliphatic hydroxyl groups is 1. The number of hydrogen-bond donors (Lipinski definition) is 2. The van der Waals surface area contributed by atoms with Crippen LogP contribution in [0.25, 0.3) is 0 Å². The average Bonchev–Trinajstić information content (AvgIpc) is 2.56. The molecule has 152 valence electrons. The third kappa shape index (κ3) is 18.5. The van der Waals surface area contributed by atoms with E-state index < -0.39 is 6.10 Å². The lowest BCUT2D eigenvalue weighted by atomic mass is 10.0. The van der Waals surface area contributed by atoms with E-state index in [0.717, 1.165) is 13.0 Å². The summed E-state index contributed by atoms with van der Waals surface area (Å²) in [7, 11) is 0. The number of hydrogen-bond acceptors (Lipinski definition) is 3. The van der Waals surface area contributed by atoms with Crippen LogP contribution >= 0.6 is 0 Å². The molecule has 0 spiro atoms. The van der Waals surface area contributed by atoms with Crippen LogP contribution in [0.5, 0.6) is 0 Å². The molecule has 0 aromatic carbocycles. The van der Waals surface area contributed by atoms with Gasteiger partial charge in [0.05, 0.1) is 6.10 Å². The molecule has 0 aromatic heterocycles. The van der Waals surface area contributed by atoms with Gasteiger partial charge in [-0.2, -0.15) is 0 Å². The van der Waals surface area contributed by atoms with E-state index in [-0.39, 0.29) is 6.23 Å². The normalized spacial score (nSPS) is 14.2. The first-order chi connectivity index (χ1) is 12.1. The zero-order valence-electron chi connectivity index (χ0n) is 17.7. The highest BCUT2D eigenvalue weighted by Gasteiger charge is 2.15. The van der Waals surface area contributed by atoms with Crippen molar-refractivity contribution >= 4 is 0 Å². The van der Waals surface area contributed by atoms with E-state index in [1.54, 1.807) is 6.92 Å². The molecule has 0 radical (unpaired) electrons. The maximum Gasteiger partial charge on any atom is 0.134 e. The van der Waals surface area contributed by atoms with Crippen molar-refractivity contribution in [2.75, 3.05) is 6.61 Å². The molecule has 2 unspecified atom stereocenters. The Morgan fingerprint density at radius 2 is 1.08 bits per heavy atom. The Morgan fingerprint density at radius 3 is 1.44 bits per heavy atom. The SMILES string of the molecule is CCCCCCCCCCCCCCCCOC(NC(C)C)C(C)O. The quantitative estimate of drug-likeness (QED) is 0.214. The summed E-state index contributed by atoms with van der Waals surface area (Å²) in [5.41, 5.74) is 0. The van der Waals surface area contributed by atoms with E-state index in [4.69, 9.17) is 4.74 Å². The molecule has 0 aliphatic carbocycles. The lowest BCUT2D eigenvalue weighted by Crippen LogP contribution is -2.44. The molecule has 0 fully saturated rings. The summed E-state index contributed by atoms with van der Waals surface area (Å²) in [6.07, 6.45) is 18.5. The summed E-state index contributed by atoms with van der Waals surface area (Å²) in [6.45, 7) is 8.96. The summed E-state index contributed by atoms with van der Waals surface area (Å²) < 4.78 is 5.76.